The Bertz CT molecular complexity index is 734. The van der Waals surface area contributed by atoms with E-state index < -0.39 is 6.10 Å². The van der Waals surface area contributed by atoms with Crippen molar-refractivity contribution < 1.29 is 9.53 Å². The highest BCUT2D eigenvalue weighted by molar-refractivity contribution is 5.94. The van der Waals surface area contributed by atoms with Crippen molar-refractivity contribution in [2.75, 3.05) is 23.3 Å². The molecule has 1 aliphatic rings. The second-order valence-corrected chi connectivity index (χ2v) is 7.18. The topological polar surface area (TPSA) is 41.6 Å². The van der Waals surface area contributed by atoms with Crippen molar-refractivity contribution >= 4 is 17.3 Å². The van der Waals surface area contributed by atoms with Crippen LogP contribution in [-0.4, -0.2) is 25.1 Å². The van der Waals surface area contributed by atoms with Gasteiger partial charge in [-0.3, -0.25) is 4.79 Å². The maximum Gasteiger partial charge on any atom is 0.265 e. The van der Waals surface area contributed by atoms with Gasteiger partial charge in [0.25, 0.3) is 5.91 Å². The zero-order chi connectivity index (χ0) is 18.5. The highest BCUT2D eigenvalue weighted by Gasteiger charge is 2.18. The molecule has 0 spiro atoms. The number of benzene rings is 2. The first-order chi connectivity index (χ1) is 12.5. The molecule has 1 atom stereocenters. The summed E-state index contributed by atoms with van der Waals surface area (Å²) in [7, 11) is 0. The second-order valence-electron chi connectivity index (χ2n) is 7.18. The Balaban J connectivity index is 1.60. The fourth-order valence-electron chi connectivity index (χ4n) is 3.28. The van der Waals surface area contributed by atoms with Gasteiger partial charge in [0.05, 0.1) is 0 Å². The quantitative estimate of drug-likeness (QED) is 0.811. The van der Waals surface area contributed by atoms with Gasteiger partial charge < -0.3 is 15.0 Å². The normalized spacial score (nSPS) is 15.2. The van der Waals surface area contributed by atoms with E-state index in [0.29, 0.717) is 5.92 Å². The minimum Gasteiger partial charge on any atom is -0.481 e. The summed E-state index contributed by atoms with van der Waals surface area (Å²) in [5.41, 5.74) is 3.13. The molecule has 0 bridgehead atoms. The molecule has 0 aliphatic carbocycles. The van der Waals surface area contributed by atoms with Gasteiger partial charge >= 0.3 is 0 Å². The summed E-state index contributed by atoms with van der Waals surface area (Å²) >= 11 is 0. The molecule has 1 amide bonds. The van der Waals surface area contributed by atoms with E-state index in [4.69, 9.17) is 4.74 Å². The first kappa shape index (κ1) is 18.3. The Kier molecular flexibility index (Phi) is 5.82. The zero-order valence-electron chi connectivity index (χ0n) is 15.9. The number of ether oxygens (including phenoxy) is 1. The molecule has 2 aromatic rings. The minimum absolute atomic E-state index is 0.141. The van der Waals surface area contributed by atoms with Gasteiger partial charge in [-0.15, -0.1) is 0 Å². The lowest BCUT2D eigenvalue weighted by atomic mass is 10.0. The van der Waals surface area contributed by atoms with Crippen molar-refractivity contribution in [2.24, 2.45) is 0 Å². The average Bonchev–Trinajstić information content (AvgIpc) is 3.17. The molecule has 4 heteroatoms. The molecule has 2 aromatic carbocycles. The number of hydrogen-bond donors (Lipinski definition) is 1. The van der Waals surface area contributed by atoms with Crippen LogP contribution in [-0.2, 0) is 4.79 Å². The highest BCUT2D eigenvalue weighted by atomic mass is 16.5. The molecule has 4 nitrogen and oxygen atoms in total. The van der Waals surface area contributed by atoms with Crippen LogP contribution in [0.3, 0.4) is 0 Å². The van der Waals surface area contributed by atoms with Crippen LogP contribution in [0.2, 0.25) is 0 Å². The van der Waals surface area contributed by atoms with E-state index >= 15 is 0 Å². The lowest BCUT2D eigenvalue weighted by molar-refractivity contribution is -0.122. The Morgan fingerprint density at radius 3 is 2.31 bits per heavy atom. The van der Waals surface area contributed by atoms with Crippen LogP contribution < -0.4 is 15.0 Å². The summed E-state index contributed by atoms with van der Waals surface area (Å²) in [6, 6.07) is 15.9. The van der Waals surface area contributed by atoms with Crippen LogP contribution in [0, 0.1) is 0 Å². The smallest absolute Gasteiger partial charge is 0.265 e. The van der Waals surface area contributed by atoms with Crippen LogP contribution in [0.1, 0.15) is 45.1 Å². The molecule has 3 rings (SSSR count). The number of rotatable bonds is 6. The third-order valence-corrected chi connectivity index (χ3v) is 4.82. The van der Waals surface area contributed by atoms with Crippen molar-refractivity contribution in [1.82, 2.24) is 0 Å². The van der Waals surface area contributed by atoms with Crippen molar-refractivity contribution in [3.8, 4) is 5.75 Å². The lowest BCUT2D eigenvalue weighted by Crippen LogP contribution is -2.30. The van der Waals surface area contributed by atoms with Gasteiger partial charge in [0.1, 0.15) is 5.75 Å². The molecule has 0 saturated carbocycles. The second kappa shape index (κ2) is 8.26. The lowest BCUT2D eigenvalue weighted by Gasteiger charge is -2.20. The van der Waals surface area contributed by atoms with E-state index in [1.165, 1.54) is 18.5 Å². The average molecular weight is 352 g/mol. The number of carbonyl (C=O) groups is 1. The molecule has 26 heavy (non-hydrogen) atoms. The van der Waals surface area contributed by atoms with Gasteiger partial charge in [-0.2, -0.15) is 0 Å². The third-order valence-electron chi connectivity index (χ3n) is 4.82. The maximum atomic E-state index is 12.5. The first-order valence-electron chi connectivity index (χ1n) is 9.46. The van der Waals surface area contributed by atoms with Crippen LogP contribution in [0.4, 0.5) is 11.4 Å². The van der Waals surface area contributed by atoms with E-state index in [0.717, 1.165) is 30.1 Å². The zero-order valence-corrected chi connectivity index (χ0v) is 15.9. The largest absolute Gasteiger partial charge is 0.481 e. The molecule has 0 radical (unpaired) electrons. The van der Waals surface area contributed by atoms with E-state index in [-0.39, 0.29) is 5.91 Å². The van der Waals surface area contributed by atoms with E-state index in [1.807, 2.05) is 36.4 Å². The molecule has 1 saturated heterocycles. The molecule has 1 heterocycles. The predicted octanol–water partition coefficient (Wildman–Crippen LogP) is 4.82. The molecule has 0 aromatic heterocycles. The van der Waals surface area contributed by atoms with E-state index in [2.05, 4.69) is 36.2 Å². The number of nitrogens with zero attached hydrogens (tertiary/aromatic N) is 1. The van der Waals surface area contributed by atoms with Crippen molar-refractivity contribution in [3.63, 3.8) is 0 Å². The van der Waals surface area contributed by atoms with Crippen LogP contribution >= 0.6 is 0 Å². The Morgan fingerprint density at radius 1 is 1.00 bits per heavy atom. The van der Waals surface area contributed by atoms with Crippen molar-refractivity contribution in [3.05, 3.63) is 54.1 Å². The van der Waals surface area contributed by atoms with Crippen molar-refractivity contribution in [1.29, 1.82) is 0 Å². The molecular formula is C22H28N2O2. The van der Waals surface area contributed by atoms with E-state index in [9.17, 15) is 4.79 Å². The standard InChI is InChI=1S/C22H28N2O2/c1-16(2)20-8-4-5-9-21(20)26-17(3)22(25)23-18-10-12-19(13-11-18)24-14-6-7-15-24/h4-5,8-13,16-17H,6-7,14-15H2,1-3H3,(H,23,25)/t17-/m1/s1. The van der Waals surface area contributed by atoms with Crippen LogP contribution in [0.15, 0.2) is 48.5 Å². The molecule has 1 fully saturated rings. The summed E-state index contributed by atoms with van der Waals surface area (Å²) < 4.78 is 5.93. The monoisotopic (exact) mass is 352 g/mol. The summed E-state index contributed by atoms with van der Waals surface area (Å²) in [5, 5.41) is 2.95. The SMILES string of the molecule is CC(C)c1ccccc1O[C@H](C)C(=O)Nc1ccc(N2CCCC2)cc1. The number of hydrogen-bond acceptors (Lipinski definition) is 3. The number of nitrogens with one attached hydrogen (secondary N) is 1. The predicted molar refractivity (Wildman–Crippen MR) is 107 cm³/mol. The molecule has 138 valence electrons. The summed E-state index contributed by atoms with van der Waals surface area (Å²) in [6.45, 7) is 8.26. The fourth-order valence-corrected chi connectivity index (χ4v) is 3.28. The summed E-state index contributed by atoms with van der Waals surface area (Å²) in [4.78, 5) is 14.9. The number of para-hydroxylation sites is 1. The van der Waals surface area contributed by atoms with Gasteiger partial charge in [-0.05, 0) is 61.6 Å². The third kappa shape index (κ3) is 4.37. The molecular weight excluding hydrogens is 324 g/mol. The Labute approximate surface area is 156 Å². The number of anilines is 2. The highest BCUT2D eigenvalue weighted by Crippen LogP contribution is 2.27. The van der Waals surface area contributed by atoms with Gasteiger partial charge in [0.15, 0.2) is 6.10 Å². The van der Waals surface area contributed by atoms with E-state index in [1.54, 1.807) is 6.92 Å². The fraction of sp³-hybridized carbons (Fsp3) is 0.409. The van der Waals surface area contributed by atoms with Crippen molar-refractivity contribution in [2.45, 2.75) is 45.6 Å². The van der Waals surface area contributed by atoms with Gasteiger partial charge in [0, 0.05) is 24.5 Å². The Hall–Kier alpha value is -2.49. The van der Waals surface area contributed by atoms with Crippen LogP contribution in [0.25, 0.3) is 0 Å². The van der Waals surface area contributed by atoms with Gasteiger partial charge in [-0.1, -0.05) is 32.0 Å². The maximum absolute atomic E-state index is 12.5. The van der Waals surface area contributed by atoms with Crippen LogP contribution in [0.5, 0.6) is 5.75 Å². The number of carbonyl (C=O) groups excluding carboxylic acids is 1. The van der Waals surface area contributed by atoms with Gasteiger partial charge in [-0.25, -0.2) is 0 Å². The minimum atomic E-state index is -0.562. The first-order valence-corrected chi connectivity index (χ1v) is 9.46. The Morgan fingerprint density at radius 2 is 1.65 bits per heavy atom. The molecule has 1 N–H and O–H groups in total. The molecule has 0 unspecified atom stereocenters. The van der Waals surface area contributed by atoms with Gasteiger partial charge in [0.2, 0.25) is 0 Å². The number of amides is 1. The summed E-state index contributed by atoms with van der Waals surface area (Å²) in [5.74, 6) is 0.978. The molecule has 1 aliphatic heterocycles. The summed E-state index contributed by atoms with van der Waals surface area (Å²) in [6.07, 6.45) is 1.95.